The second-order valence-corrected chi connectivity index (χ2v) is 5.16. The lowest BCUT2D eigenvalue weighted by molar-refractivity contribution is 0.0909. The van der Waals surface area contributed by atoms with Gasteiger partial charge >= 0.3 is 0 Å². The van der Waals surface area contributed by atoms with Gasteiger partial charge in [-0.2, -0.15) is 0 Å². The molecule has 0 radical (unpaired) electrons. The number of phenols is 1. The van der Waals surface area contributed by atoms with E-state index in [9.17, 15) is 9.90 Å². The number of carbonyl (C=O) groups excluding carboxylic acids is 1. The molecule has 0 aliphatic rings. The standard InChI is InChI=1S/C13H18ClNO2/c1-4-7-13(2,3)15-12(17)9-5-6-11(16)10(14)8-9/h5-6,8,16H,4,7H2,1-3H3,(H,15,17). The Kier molecular flexibility index (Phi) is 4.40. The zero-order valence-electron chi connectivity index (χ0n) is 10.4. The molecule has 1 aromatic carbocycles. The van der Waals surface area contributed by atoms with E-state index in [0.717, 1.165) is 12.8 Å². The first-order valence-corrected chi connectivity index (χ1v) is 6.04. The van der Waals surface area contributed by atoms with Gasteiger partial charge in [0.05, 0.1) is 5.02 Å². The normalized spacial score (nSPS) is 11.3. The van der Waals surface area contributed by atoms with E-state index in [2.05, 4.69) is 12.2 Å². The van der Waals surface area contributed by atoms with Crippen LogP contribution in [0, 0.1) is 0 Å². The van der Waals surface area contributed by atoms with Crippen molar-refractivity contribution in [3.8, 4) is 5.75 Å². The third kappa shape index (κ3) is 3.93. The molecule has 0 aliphatic heterocycles. The lowest BCUT2D eigenvalue weighted by atomic mass is 9.98. The van der Waals surface area contributed by atoms with E-state index < -0.39 is 0 Å². The van der Waals surface area contributed by atoms with Gasteiger partial charge in [0.1, 0.15) is 5.75 Å². The topological polar surface area (TPSA) is 49.3 Å². The SMILES string of the molecule is CCCC(C)(C)NC(=O)c1ccc(O)c(Cl)c1. The van der Waals surface area contributed by atoms with Gasteiger partial charge in [-0.25, -0.2) is 0 Å². The van der Waals surface area contributed by atoms with Gasteiger partial charge in [0.2, 0.25) is 0 Å². The van der Waals surface area contributed by atoms with E-state index >= 15 is 0 Å². The number of carbonyl (C=O) groups is 1. The number of hydrogen-bond donors (Lipinski definition) is 2. The Bertz CT molecular complexity index is 416. The summed E-state index contributed by atoms with van der Waals surface area (Å²) >= 11 is 5.76. The molecule has 0 fully saturated rings. The molecule has 94 valence electrons. The highest BCUT2D eigenvalue weighted by Crippen LogP contribution is 2.24. The Balaban J connectivity index is 2.80. The highest BCUT2D eigenvalue weighted by atomic mass is 35.5. The monoisotopic (exact) mass is 255 g/mol. The van der Waals surface area contributed by atoms with E-state index in [1.54, 1.807) is 6.07 Å². The van der Waals surface area contributed by atoms with Crippen LogP contribution >= 0.6 is 11.6 Å². The molecule has 1 amide bonds. The van der Waals surface area contributed by atoms with Crippen LogP contribution in [0.15, 0.2) is 18.2 Å². The summed E-state index contributed by atoms with van der Waals surface area (Å²) in [5.41, 5.74) is 0.216. The van der Waals surface area contributed by atoms with Crippen molar-refractivity contribution in [2.75, 3.05) is 0 Å². The van der Waals surface area contributed by atoms with E-state index in [0.29, 0.717) is 5.56 Å². The van der Waals surface area contributed by atoms with Crippen molar-refractivity contribution in [2.24, 2.45) is 0 Å². The molecule has 0 atom stereocenters. The number of nitrogens with one attached hydrogen (secondary N) is 1. The van der Waals surface area contributed by atoms with Crippen LogP contribution in [-0.4, -0.2) is 16.6 Å². The predicted molar refractivity (Wildman–Crippen MR) is 69.6 cm³/mol. The summed E-state index contributed by atoms with van der Waals surface area (Å²) in [4.78, 5) is 11.9. The summed E-state index contributed by atoms with van der Waals surface area (Å²) < 4.78 is 0. The minimum atomic E-state index is -0.240. The van der Waals surface area contributed by atoms with E-state index in [-0.39, 0.29) is 22.2 Å². The Labute approximate surface area is 107 Å². The van der Waals surface area contributed by atoms with Gasteiger partial charge < -0.3 is 10.4 Å². The molecule has 0 aromatic heterocycles. The van der Waals surface area contributed by atoms with Crippen molar-refractivity contribution >= 4 is 17.5 Å². The predicted octanol–water partition coefficient (Wildman–Crippen LogP) is 3.35. The van der Waals surface area contributed by atoms with Crippen LogP contribution in [0.25, 0.3) is 0 Å². The largest absolute Gasteiger partial charge is 0.506 e. The number of aromatic hydroxyl groups is 1. The molecule has 0 aliphatic carbocycles. The van der Waals surface area contributed by atoms with Gasteiger partial charge in [-0.1, -0.05) is 24.9 Å². The second-order valence-electron chi connectivity index (χ2n) is 4.75. The third-order valence-corrected chi connectivity index (χ3v) is 2.84. The number of phenolic OH excluding ortho intramolecular Hbond substituents is 1. The van der Waals surface area contributed by atoms with Crippen molar-refractivity contribution < 1.29 is 9.90 Å². The van der Waals surface area contributed by atoms with Crippen molar-refractivity contribution in [1.29, 1.82) is 0 Å². The average molecular weight is 256 g/mol. The Morgan fingerprint density at radius 1 is 1.47 bits per heavy atom. The van der Waals surface area contributed by atoms with Crippen molar-refractivity contribution in [3.63, 3.8) is 0 Å². The molecule has 3 nitrogen and oxygen atoms in total. The molecular weight excluding hydrogens is 238 g/mol. The van der Waals surface area contributed by atoms with Gasteiger partial charge in [-0.05, 0) is 38.5 Å². The van der Waals surface area contributed by atoms with Crippen LogP contribution in [0.5, 0.6) is 5.75 Å². The third-order valence-electron chi connectivity index (χ3n) is 2.54. The smallest absolute Gasteiger partial charge is 0.251 e. The minimum absolute atomic E-state index is 0.0176. The minimum Gasteiger partial charge on any atom is -0.506 e. The molecule has 17 heavy (non-hydrogen) atoms. The van der Waals surface area contributed by atoms with Crippen LogP contribution in [0.1, 0.15) is 44.0 Å². The van der Waals surface area contributed by atoms with Gasteiger partial charge in [0.15, 0.2) is 0 Å². The Morgan fingerprint density at radius 2 is 2.12 bits per heavy atom. The van der Waals surface area contributed by atoms with E-state index in [1.165, 1.54) is 12.1 Å². The fraction of sp³-hybridized carbons (Fsp3) is 0.462. The molecule has 1 rings (SSSR count). The molecule has 4 heteroatoms. The van der Waals surface area contributed by atoms with Crippen LogP contribution in [0.2, 0.25) is 5.02 Å². The molecule has 1 aromatic rings. The maximum Gasteiger partial charge on any atom is 0.251 e. The summed E-state index contributed by atoms with van der Waals surface area (Å²) in [7, 11) is 0. The fourth-order valence-corrected chi connectivity index (χ4v) is 1.90. The van der Waals surface area contributed by atoms with Crippen LogP contribution in [0.3, 0.4) is 0 Å². The van der Waals surface area contributed by atoms with Gasteiger partial charge in [-0.3, -0.25) is 4.79 Å². The number of benzene rings is 1. The summed E-state index contributed by atoms with van der Waals surface area (Å²) in [6, 6.07) is 4.44. The first-order valence-electron chi connectivity index (χ1n) is 5.67. The molecule has 0 saturated heterocycles. The molecule has 0 heterocycles. The molecular formula is C13H18ClNO2. The Hall–Kier alpha value is -1.22. The lowest BCUT2D eigenvalue weighted by Crippen LogP contribution is -2.43. The zero-order chi connectivity index (χ0) is 13.1. The van der Waals surface area contributed by atoms with Crippen LogP contribution in [0.4, 0.5) is 0 Å². The van der Waals surface area contributed by atoms with Crippen LogP contribution in [-0.2, 0) is 0 Å². The molecule has 2 N–H and O–H groups in total. The summed E-state index contributed by atoms with van der Waals surface area (Å²) in [5.74, 6) is -0.193. The van der Waals surface area contributed by atoms with E-state index in [1.807, 2.05) is 13.8 Å². The number of hydrogen-bond acceptors (Lipinski definition) is 2. The quantitative estimate of drug-likeness (QED) is 0.867. The van der Waals surface area contributed by atoms with Crippen molar-refractivity contribution in [2.45, 2.75) is 39.2 Å². The number of halogens is 1. The first kappa shape index (κ1) is 13.8. The average Bonchev–Trinajstić information content (AvgIpc) is 2.21. The second kappa shape index (κ2) is 5.41. The van der Waals surface area contributed by atoms with Gasteiger partial charge in [0.25, 0.3) is 5.91 Å². The molecule has 0 unspecified atom stereocenters. The maximum absolute atomic E-state index is 11.9. The Morgan fingerprint density at radius 3 is 2.65 bits per heavy atom. The fourth-order valence-electron chi connectivity index (χ4n) is 1.72. The molecule has 0 bridgehead atoms. The molecule has 0 saturated carbocycles. The highest BCUT2D eigenvalue weighted by molar-refractivity contribution is 6.32. The van der Waals surface area contributed by atoms with E-state index in [4.69, 9.17) is 11.6 Å². The first-order chi connectivity index (χ1) is 7.85. The van der Waals surface area contributed by atoms with Crippen molar-refractivity contribution in [3.05, 3.63) is 28.8 Å². The highest BCUT2D eigenvalue weighted by Gasteiger charge is 2.20. The lowest BCUT2D eigenvalue weighted by Gasteiger charge is -2.25. The number of amides is 1. The van der Waals surface area contributed by atoms with Gasteiger partial charge in [0, 0.05) is 11.1 Å². The zero-order valence-corrected chi connectivity index (χ0v) is 11.1. The van der Waals surface area contributed by atoms with Gasteiger partial charge in [-0.15, -0.1) is 0 Å². The van der Waals surface area contributed by atoms with Crippen LogP contribution < -0.4 is 5.32 Å². The van der Waals surface area contributed by atoms with Crippen molar-refractivity contribution in [1.82, 2.24) is 5.32 Å². The summed E-state index contributed by atoms with van der Waals surface area (Å²) in [6.07, 6.45) is 1.91. The summed E-state index contributed by atoms with van der Waals surface area (Å²) in [5, 5.41) is 12.4. The maximum atomic E-state index is 11.9. The number of rotatable bonds is 4. The molecule has 0 spiro atoms. The summed E-state index contributed by atoms with van der Waals surface area (Å²) in [6.45, 7) is 6.04.